The largest absolute Gasteiger partial charge is 0.493 e. The summed E-state index contributed by atoms with van der Waals surface area (Å²) >= 11 is 5.91. The highest BCUT2D eigenvalue weighted by Gasteiger charge is 2.36. The molecule has 0 saturated carbocycles. The number of ether oxygens (including phenoxy) is 2. The third kappa shape index (κ3) is 4.53. The van der Waals surface area contributed by atoms with E-state index < -0.39 is 24.3 Å². The molecule has 3 aromatic carbocycles. The minimum absolute atomic E-state index is 0.117. The third-order valence-corrected chi connectivity index (χ3v) is 5.42. The fourth-order valence-electron chi connectivity index (χ4n) is 3.50. The van der Waals surface area contributed by atoms with Gasteiger partial charge in [-0.1, -0.05) is 41.9 Å². The second kappa shape index (κ2) is 9.61. The number of methoxy groups -OCH3 is 1. The summed E-state index contributed by atoms with van der Waals surface area (Å²) in [6.45, 7) is -0.535. The third-order valence-electron chi connectivity index (χ3n) is 5.16. The topological polar surface area (TPSA) is 96.7 Å². The number of esters is 1. The first-order valence-corrected chi connectivity index (χ1v) is 10.5. The number of carbonyl (C=O) groups excluding carboxylic acids is 3. The lowest BCUT2D eigenvalue weighted by molar-refractivity contribution is -0.134. The van der Waals surface area contributed by atoms with Crippen LogP contribution in [0, 0.1) is 11.3 Å². The first kappa shape index (κ1) is 22.8. The number of halogens is 1. The maximum atomic E-state index is 12.5. The van der Waals surface area contributed by atoms with E-state index in [2.05, 4.69) is 6.07 Å². The van der Waals surface area contributed by atoms with Gasteiger partial charge in [-0.15, -0.1) is 0 Å². The molecule has 0 aliphatic carbocycles. The molecule has 0 N–H and O–H groups in total. The lowest BCUT2D eigenvalue weighted by atomic mass is 10.0. The summed E-state index contributed by atoms with van der Waals surface area (Å²) in [5.41, 5.74) is 2.26. The van der Waals surface area contributed by atoms with Gasteiger partial charge in [0, 0.05) is 5.02 Å². The van der Waals surface area contributed by atoms with Crippen molar-refractivity contribution in [3.63, 3.8) is 0 Å². The van der Waals surface area contributed by atoms with Crippen molar-refractivity contribution < 1.29 is 23.9 Å². The Morgan fingerprint density at radius 3 is 2.24 bits per heavy atom. The fourth-order valence-corrected chi connectivity index (χ4v) is 3.63. The van der Waals surface area contributed by atoms with Crippen LogP contribution in [-0.4, -0.2) is 36.3 Å². The van der Waals surface area contributed by atoms with Gasteiger partial charge in [-0.3, -0.25) is 14.5 Å². The maximum Gasteiger partial charge on any atom is 0.331 e. The number of amides is 2. The zero-order chi connectivity index (χ0) is 24.2. The second-order valence-electron chi connectivity index (χ2n) is 7.30. The highest BCUT2D eigenvalue weighted by Crippen LogP contribution is 2.31. The van der Waals surface area contributed by atoms with Crippen LogP contribution in [0.25, 0.3) is 11.6 Å². The number of carbonyl (C=O) groups is 3. The van der Waals surface area contributed by atoms with Gasteiger partial charge in [0.2, 0.25) is 0 Å². The standard InChI is InChI=1S/C26H17ClN2O5/c1-33-23-13-16(12-18(14-28)17-7-9-19(27)10-8-17)6-11-22(23)34-24(30)15-29-25(31)20-4-2-3-5-21(20)26(29)32/h2-13H,15H2,1H3. The first-order valence-electron chi connectivity index (χ1n) is 10.1. The lowest BCUT2D eigenvalue weighted by Crippen LogP contribution is -2.36. The van der Waals surface area contributed by atoms with E-state index in [4.69, 9.17) is 21.1 Å². The molecule has 1 heterocycles. The van der Waals surface area contributed by atoms with Crippen LogP contribution in [0.3, 0.4) is 0 Å². The van der Waals surface area contributed by atoms with Gasteiger partial charge in [-0.05, 0) is 53.6 Å². The van der Waals surface area contributed by atoms with E-state index >= 15 is 0 Å². The Balaban J connectivity index is 1.51. The van der Waals surface area contributed by atoms with Crippen LogP contribution in [-0.2, 0) is 4.79 Å². The second-order valence-corrected chi connectivity index (χ2v) is 7.74. The first-order chi connectivity index (χ1) is 16.4. The minimum Gasteiger partial charge on any atom is -0.493 e. The van der Waals surface area contributed by atoms with Gasteiger partial charge in [0.1, 0.15) is 6.54 Å². The average Bonchev–Trinajstić information content (AvgIpc) is 3.09. The van der Waals surface area contributed by atoms with Crippen molar-refractivity contribution in [2.24, 2.45) is 0 Å². The van der Waals surface area contributed by atoms with E-state index in [0.717, 1.165) is 4.90 Å². The zero-order valence-electron chi connectivity index (χ0n) is 17.9. The number of hydrogen-bond acceptors (Lipinski definition) is 6. The summed E-state index contributed by atoms with van der Waals surface area (Å²) in [5.74, 6) is -1.52. The Labute approximate surface area is 200 Å². The molecule has 0 aromatic heterocycles. The van der Waals surface area contributed by atoms with Gasteiger partial charge < -0.3 is 9.47 Å². The van der Waals surface area contributed by atoms with Gasteiger partial charge in [-0.2, -0.15) is 5.26 Å². The molecule has 0 unspecified atom stereocenters. The Hall–Kier alpha value is -4.41. The number of imide groups is 1. The van der Waals surface area contributed by atoms with Gasteiger partial charge >= 0.3 is 5.97 Å². The highest BCUT2D eigenvalue weighted by atomic mass is 35.5. The molecule has 8 heteroatoms. The maximum absolute atomic E-state index is 12.5. The van der Waals surface area contributed by atoms with Gasteiger partial charge in [0.15, 0.2) is 11.5 Å². The SMILES string of the molecule is COc1cc(C=C(C#N)c2ccc(Cl)cc2)ccc1OC(=O)CN1C(=O)c2ccccc2C1=O. The van der Waals surface area contributed by atoms with Crippen molar-refractivity contribution in [1.82, 2.24) is 4.90 Å². The van der Waals surface area contributed by atoms with Crippen LogP contribution in [0.5, 0.6) is 11.5 Å². The molecule has 0 radical (unpaired) electrons. The van der Waals surface area contributed by atoms with Crippen LogP contribution in [0.4, 0.5) is 0 Å². The summed E-state index contributed by atoms with van der Waals surface area (Å²) in [7, 11) is 1.41. The Morgan fingerprint density at radius 1 is 1.00 bits per heavy atom. The van der Waals surface area contributed by atoms with Crippen LogP contribution < -0.4 is 9.47 Å². The van der Waals surface area contributed by atoms with Crippen LogP contribution in [0.1, 0.15) is 31.8 Å². The zero-order valence-corrected chi connectivity index (χ0v) is 18.7. The molecular formula is C26H17ClN2O5. The molecule has 1 aliphatic heterocycles. The van der Waals surface area contributed by atoms with E-state index in [9.17, 15) is 19.6 Å². The molecule has 0 saturated heterocycles. The lowest BCUT2D eigenvalue weighted by Gasteiger charge is -2.14. The molecule has 0 atom stereocenters. The van der Waals surface area contributed by atoms with Crippen molar-refractivity contribution in [3.05, 3.63) is 94.0 Å². The quantitative estimate of drug-likeness (QED) is 0.171. The number of benzene rings is 3. The van der Waals surface area contributed by atoms with Crippen molar-refractivity contribution >= 4 is 41.0 Å². The normalized spacial score (nSPS) is 12.9. The Kier molecular flexibility index (Phi) is 6.44. The molecule has 34 heavy (non-hydrogen) atoms. The predicted molar refractivity (Wildman–Crippen MR) is 125 cm³/mol. The molecule has 2 amide bonds. The summed E-state index contributed by atoms with van der Waals surface area (Å²) in [5, 5.41) is 10.1. The summed E-state index contributed by atoms with van der Waals surface area (Å²) < 4.78 is 10.7. The molecule has 3 aromatic rings. The molecule has 0 bridgehead atoms. The van der Waals surface area contributed by atoms with E-state index in [0.29, 0.717) is 21.7 Å². The fraction of sp³-hybridized carbons (Fsp3) is 0.0769. The smallest absolute Gasteiger partial charge is 0.331 e. The molecule has 168 valence electrons. The predicted octanol–water partition coefficient (Wildman–Crippen LogP) is 4.61. The summed E-state index contributed by atoms with van der Waals surface area (Å²) in [6, 6.07) is 20.2. The summed E-state index contributed by atoms with van der Waals surface area (Å²) in [6.07, 6.45) is 1.66. The Bertz CT molecular complexity index is 1340. The van der Waals surface area contributed by atoms with Gasteiger partial charge in [0.05, 0.1) is 29.9 Å². The number of nitrogens with zero attached hydrogens (tertiary/aromatic N) is 2. The number of nitriles is 1. The number of fused-ring (bicyclic) bond motifs is 1. The van der Waals surface area contributed by atoms with Gasteiger partial charge in [-0.25, -0.2) is 4.79 Å². The van der Waals surface area contributed by atoms with Crippen molar-refractivity contribution in [2.75, 3.05) is 13.7 Å². The van der Waals surface area contributed by atoms with Crippen molar-refractivity contribution in [1.29, 1.82) is 5.26 Å². The minimum atomic E-state index is -0.796. The monoisotopic (exact) mass is 472 g/mol. The number of rotatable bonds is 6. The van der Waals surface area contributed by atoms with Gasteiger partial charge in [0.25, 0.3) is 11.8 Å². The van der Waals surface area contributed by atoms with Crippen LogP contribution in [0.15, 0.2) is 66.7 Å². The molecular weight excluding hydrogens is 456 g/mol. The highest BCUT2D eigenvalue weighted by molar-refractivity contribution is 6.30. The molecule has 0 spiro atoms. The average molecular weight is 473 g/mol. The van der Waals surface area contributed by atoms with E-state index in [1.807, 2.05) is 0 Å². The number of allylic oxidation sites excluding steroid dienone is 1. The molecule has 0 fully saturated rings. The van der Waals surface area contributed by atoms with E-state index in [-0.39, 0.29) is 22.6 Å². The van der Waals surface area contributed by atoms with E-state index in [1.165, 1.54) is 25.3 Å². The van der Waals surface area contributed by atoms with Crippen molar-refractivity contribution in [2.45, 2.75) is 0 Å². The number of hydrogen-bond donors (Lipinski definition) is 0. The Morgan fingerprint density at radius 2 is 1.65 bits per heavy atom. The summed E-state index contributed by atoms with van der Waals surface area (Å²) in [4.78, 5) is 38.3. The molecule has 7 nitrogen and oxygen atoms in total. The van der Waals surface area contributed by atoms with Crippen LogP contribution in [0.2, 0.25) is 5.02 Å². The van der Waals surface area contributed by atoms with Crippen molar-refractivity contribution in [3.8, 4) is 17.6 Å². The van der Waals surface area contributed by atoms with Crippen LogP contribution >= 0.6 is 11.6 Å². The van der Waals surface area contributed by atoms with E-state index in [1.54, 1.807) is 54.6 Å². The molecule has 4 rings (SSSR count). The molecule has 1 aliphatic rings.